The Balaban J connectivity index is 1.81. The van der Waals surface area contributed by atoms with Gasteiger partial charge in [0, 0.05) is 33.1 Å². The molecule has 104 valence electrons. The summed E-state index contributed by atoms with van der Waals surface area (Å²) in [6.07, 6.45) is 2.29. The molecule has 0 saturated heterocycles. The van der Waals surface area contributed by atoms with E-state index in [2.05, 4.69) is 15.1 Å². The standard InChI is InChI=1S/C11H18N6OS/c1-15(3-2-9(12)19)11(18)7-16-4-5-17-8-13-14-10(17)6-16/h8H,2-7H2,1H3,(H2,12,19). The summed E-state index contributed by atoms with van der Waals surface area (Å²) in [5.74, 6) is 0.981. The largest absolute Gasteiger partial charge is 0.393 e. The predicted octanol–water partition coefficient (Wildman–Crippen LogP) is -0.772. The number of hydrogen-bond donors (Lipinski definition) is 1. The number of hydrogen-bond acceptors (Lipinski definition) is 5. The Bertz CT molecular complexity index is 474. The van der Waals surface area contributed by atoms with Crippen molar-refractivity contribution < 1.29 is 4.79 Å². The van der Waals surface area contributed by atoms with Crippen molar-refractivity contribution >= 4 is 23.1 Å². The van der Waals surface area contributed by atoms with Crippen LogP contribution in [0, 0.1) is 0 Å². The van der Waals surface area contributed by atoms with Crippen LogP contribution in [0.4, 0.5) is 0 Å². The molecular formula is C11H18N6OS. The molecule has 0 saturated carbocycles. The van der Waals surface area contributed by atoms with Crippen LogP contribution in [0.2, 0.25) is 0 Å². The zero-order chi connectivity index (χ0) is 13.8. The Morgan fingerprint density at radius 1 is 1.58 bits per heavy atom. The van der Waals surface area contributed by atoms with Gasteiger partial charge in [0.05, 0.1) is 18.1 Å². The molecule has 0 radical (unpaired) electrons. The molecule has 0 bridgehead atoms. The van der Waals surface area contributed by atoms with Gasteiger partial charge in [0.15, 0.2) is 0 Å². The van der Waals surface area contributed by atoms with E-state index in [9.17, 15) is 4.79 Å². The zero-order valence-electron chi connectivity index (χ0n) is 10.9. The summed E-state index contributed by atoms with van der Waals surface area (Å²) in [5.41, 5.74) is 5.43. The fourth-order valence-corrected chi connectivity index (χ4v) is 2.06. The Morgan fingerprint density at radius 2 is 2.37 bits per heavy atom. The molecule has 0 spiro atoms. The first kappa shape index (κ1) is 13.9. The fourth-order valence-electron chi connectivity index (χ4n) is 1.97. The Labute approximate surface area is 117 Å². The molecule has 0 unspecified atom stereocenters. The van der Waals surface area contributed by atoms with E-state index >= 15 is 0 Å². The van der Waals surface area contributed by atoms with Crippen molar-refractivity contribution in [3.63, 3.8) is 0 Å². The average molecular weight is 282 g/mol. The monoisotopic (exact) mass is 282 g/mol. The smallest absolute Gasteiger partial charge is 0.236 e. The summed E-state index contributed by atoms with van der Waals surface area (Å²) >= 11 is 4.81. The van der Waals surface area contributed by atoms with Crippen molar-refractivity contribution in [3.8, 4) is 0 Å². The molecule has 1 aliphatic heterocycles. The molecule has 1 aliphatic rings. The third-order valence-electron chi connectivity index (χ3n) is 3.20. The zero-order valence-corrected chi connectivity index (χ0v) is 11.8. The first-order valence-corrected chi connectivity index (χ1v) is 6.58. The molecular weight excluding hydrogens is 264 g/mol. The molecule has 0 fully saturated rings. The second kappa shape index (κ2) is 6.07. The molecule has 19 heavy (non-hydrogen) atoms. The molecule has 1 amide bonds. The highest BCUT2D eigenvalue weighted by Crippen LogP contribution is 2.08. The number of carbonyl (C=O) groups excluding carboxylic acids is 1. The van der Waals surface area contributed by atoms with Gasteiger partial charge in [-0.25, -0.2) is 0 Å². The maximum absolute atomic E-state index is 12.0. The van der Waals surface area contributed by atoms with E-state index in [0.717, 1.165) is 18.9 Å². The lowest BCUT2D eigenvalue weighted by molar-refractivity contribution is -0.131. The molecule has 2 N–H and O–H groups in total. The van der Waals surface area contributed by atoms with Crippen LogP contribution in [0.3, 0.4) is 0 Å². The lowest BCUT2D eigenvalue weighted by Gasteiger charge is -2.28. The van der Waals surface area contributed by atoms with Crippen molar-refractivity contribution in [2.24, 2.45) is 5.73 Å². The number of likely N-dealkylation sites (N-methyl/N-ethyl adjacent to an activating group) is 1. The van der Waals surface area contributed by atoms with Crippen LogP contribution in [0.25, 0.3) is 0 Å². The molecule has 2 rings (SSSR count). The topological polar surface area (TPSA) is 80.3 Å². The van der Waals surface area contributed by atoms with Crippen molar-refractivity contribution in [1.29, 1.82) is 0 Å². The van der Waals surface area contributed by atoms with E-state index in [1.54, 1.807) is 18.3 Å². The summed E-state index contributed by atoms with van der Waals surface area (Å²) in [5, 5.41) is 7.90. The van der Waals surface area contributed by atoms with E-state index in [0.29, 0.717) is 31.0 Å². The van der Waals surface area contributed by atoms with Crippen LogP contribution < -0.4 is 5.73 Å². The second-order valence-electron chi connectivity index (χ2n) is 4.68. The van der Waals surface area contributed by atoms with E-state index in [-0.39, 0.29) is 5.91 Å². The first-order chi connectivity index (χ1) is 9.06. The van der Waals surface area contributed by atoms with Crippen molar-refractivity contribution in [2.75, 3.05) is 26.7 Å². The second-order valence-corrected chi connectivity index (χ2v) is 5.21. The summed E-state index contributed by atoms with van der Waals surface area (Å²) in [4.78, 5) is 16.2. The number of rotatable bonds is 5. The molecule has 8 heteroatoms. The minimum atomic E-state index is 0.0733. The molecule has 1 aromatic rings. The maximum atomic E-state index is 12.0. The number of thiocarbonyl (C=S) groups is 1. The van der Waals surface area contributed by atoms with Gasteiger partial charge in [-0.05, 0) is 0 Å². The molecule has 0 aromatic carbocycles. The quantitative estimate of drug-likeness (QED) is 0.714. The van der Waals surface area contributed by atoms with Gasteiger partial charge in [-0.2, -0.15) is 0 Å². The van der Waals surface area contributed by atoms with Gasteiger partial charge in [-0.15, -0.1) is 10.2 Å². The van der Waals surface area contributed by atoms with Gasteiger partial charge >= 0.3 is 0 Å². The predicted molar refractivity (Wildman–Crippen MR) is 74.3 cm³/mol. The van der Waals surface area contributed by atoms with Crippen molar-refractivity contribution in [1.82, 2.24) is 24.6 Å². The lowest BCUT2D eigenvalue weighted by Crippen LogP contribution is -2.42. The van der Waals surface area contributed by atoms with Crippen LogP contribution in [-0.2, 0) is 17.9 Å². The number of carbonyl (C=O) groups is 1. The van der Waals surface area contributed by atoms with Gasteiger partial charge in [0.25, 0.3) is 0 Å². The molecule has 2 heterocycles. The Kier molecular flexibility index (Phi) is 4.43. The summed E-state index contributed by atoms with van der Waals surface area (Å²) in [7, 11) is 1.77. The SMILES string of the molecule is CN(CCC(N)=S)C(=O)CN1CCn2cnnc2C1. The Morgan fingerprint density at radius 3 is 3.11 bits per heavy atom. The minimum absolute atomic E-state index is 0.0733. The highest BCUT2D eigenvalue weighted by Gasteiger charge is 2.20. The normalized spacial score (nSPS) is 15.0. The van der Waals surface area contributed by atoms with Gasteiger partial charge in [0.2, 0.25) is 5.91 Å². The number of nitrogens with two attached hydrogens (primary N) is 1. The number of nitrogens with zero attached hydrogens (tertiary/aromatic N) is 5. The van der Waals surface area contributed by atoms with Gasteiger partial charge in [0.1, 0.15) is 12.2 Å². The van der Waals surface area contributed by atoms with Crippen LogP contribution in [-0.4, -0.2) is 62.1 Å². The molecule has 0 atom stereocenters. The number of fused-ring (bicyclic) bond motifs is 1. The minimum Gasteiger partial charge on any atom is -0.393 e. The van der Waals surface area contributed by atoms with Crippen LogP contribution in [0.15, 0.2) is 6.33 Å². The van der Waals surface area contributed by atoms with Crippen molar-refractivity contribution in [2.45, 2.75) is 19.5 Å². The highest BCUT2D eigenvalue weighted by atomic mass is 32.1. The third-order valence-corrected chi connectivity index (χ3v) is 3.40. The molecule has 7 nitrogen and oxygen atoms in total. The highest BCUT2D eigenvalue weighted by molar-refractivity contribution is 7.80. The molecule has 1 aromatic heterocycles. The molecule has 0 aliphatic carbocycles. The van der Waals surface area contributed by atoms with Crippen LogP contribution in [0.5, 0.6) is 0 Å². The van der Waals surface area contributed by atoms with Gasteiger partial charge in [-0.3, -0.25) is 9.69 Å². The maximum Gasteiger partial charge on any atom is 0.236 e. The van der Waals surface area contributed by atoms with E-state index in [4.69, 9.17) is 18.0 Å². The van der Waals surface area contributed by atoms with E-state index in [1.807, 2.05) is 4.57 Å². The number of aromatic nitrogens is 3. The summed E-state index contributed by atoms with van der Waals surface area (Å²) < 4.78 is 2.01. The first-order valence-electron chi connectivity index (χ1n) is 6.17. The van der Waals surface area contributed by atoms with Crippen molar-refractivity contribution in [3.05, 3.63) is 12.2 Å². The van der Waals surface area contributed by atoms with Gasteiger partial charge in [-0.1, -0.05) is 12.2 Å². The summed E-state index contributed by atoms with van der Waals surface area (Å²) in [6.45, 7) is 3.28. The van der Waals surface area contributed by atoms with E-state index in [1.165, 1.54) is 0 Å². The third kappa shape index (κ3) is 3.71. The van der Waals surface area contributed by atoms with E-state index < -0.39 is 0 Å². The lowest BCUT2D eigenvalue weighted by atomic mass is 10.3. The average Bonchev–Trinajstić information content (AvgIpc) is 2.83. The van der Waals surface area contributed by atoms with Gasteiger partial charge < -0.3 is 15.2 Å². The van der Waals surface area contributed by atoms with Crippen LogP contribution in [0.1, 0.15) is 12.2 Å². The number of amides is 1. The fraction of sp³-hybridized carbons (Fsp3) is 0.636. The Hall–Kier alpha value is -1.54. The summed E-state index contributed by atoms with van der Waals surface area (Å²) in [6, 6.07) is 0. The van der Waals surface area contributed by atoms with Crippen LogP contribution >= 0.6 is 12.2 Å².